The summed E-state index contributed by atoms with van der Waals surface area (Å²) in [5.41, 5.74) is 3.66. The minimum Gasteiger partial charge on any atom is -0.497 e. The Kier molecular flexibility index (Phi) is 5.91. The second-order valence-electron chi connectivity index (χ2n) is 6.43. The normalized spacial score (nSPS) is 10.6. The molecule has 0 aliphatic rings. The van der Waals surface area contributed by atoms with Crippen LogP contribution in [0.5, 0.6) is 11.5 Å². The fraction of sp³-hybridized carbons (Fsp3) is 0.273. The number of fused-ring (bicyclic) bond motifs is 1. The van der Waals surface area contributed by atoms with Gasteiger partial charge in [-0.05, 0) is 49.2 Å². The molecule has 3 aromatic rings. The van der Waals surface area contributed by atoms with Crippen molar-refractivity contribution in [1.82, 2.24) is 4.98 Å². The van der Waals surface area contributed by atoms with Crippen LogP contribution in [0.4, 0.5) is 5.69 Å². The molecule has 3 rings (SSSR count). The molecule has 1 aromatic heterocycles. The lowest BCUT2D eigenvalue weighted by atomic mass is 10.1. The van der Waals surface area contributed by atoms with Gasteiger partial charge in [0, 0.05) is 22.8 Å². The molecule has 2 aromatic carbocycles. The Morgan fingerprint density at radius 3 is 2.59 bits per heavy atom. The molecule has 0 spiro atoms. The first-order valence-corrected chi connectivity index (χ1v) is 9.06. The molecule has 27 heavy (non-hydrogen) atoms. The zero-order valence-corrected chi connectivity index (χ0v) is 15.9. The molecule has 5 nitrogen and oxygen atoms in total. The van der Waals surface area contributed by atoms with Gasteiger partial charge in [-0.2, -0.15) is 0 Å². The number of rotatable bonds is 7. The Balaban J connectivity index is 1.69. The summed E-state index contributed by atoms with van der Waals surface area (Å²) in [4.78, 5) is 16.8. The van der Waals surface area contributed by atoms with Crippen molar-refractivity contribution in [2.75, 3.05) is 19.0 Å². The average molecular weight is 364 g/mol. The molecule has 0 fully saturated rings. The highest BCUT2D eigenvalue weighted by molar-refractivity contribution is 5.92. The summed E-state index contributed by atoms with van der Waals surface area (Å²) in [5.74, 6) is 1.13. The van der Waals surface area contributed by atoms with E-state index < -0.39 is 0 Å². The van der Waals surface area contributed by atoms with Crippen LogP contribution in [-0.2, 0) is 11.2 Å². The average Bonchev–Trinajstić information content (AvgIpc) is 2.67. The number of ether oxygens (including phenoxy) is 2. The van der Waals surface area contributed by atoms with Gasteiger partial charge in [-0.25, -0.2) is 0 Å². The van der Waals surface area contributed by atoms with Crippen molar-refractivity contribution in [3.8, 4) is 11.5 Å². The van der Waals surface area contributed by atoms with Gasteiger partial charge in [0.25, 0.3) is 5.91 Å². The molecule has 0 aliphatic heterocycles. The molecule has 5 heteroatoms. The van der Waals surface area contributed by atoms with E-state index in [1.54, 1.807) is 7.11 Å². The third kappa shape index (κ3) is 4.76. The molecule has 1 N–H and O–H groups in total. The standard InChI is InChI=1S/C22H24N2O3/c1-4-5-16-6-8-17(9-7-16)24-22(25)14-27-21-12-15(2)23-20-11-10-18(26-3)13-19(20)21/h6-13H,4-5,14H2,1-3H3,(H,24,25). The van der Waals surface area contributed by atoms with E-state index in [9.17, 15) is 4.79 Å². The number of carbonyl (C=O) groups is 1. The van der Waals surface area contributed by atoms with Gasteiger partial charge in [0.05, 0.1) is 12.6 Å². The number of pyridine rings is 1. The van der Waals surface area contributed by atoms with Crippen molar-refractivity contribution in [1.29, 1.82) is 0 Å². The maximum atomic E-state index is 12.3. The number of hydrogen-bond acceptors (Lipinski definition) is 4. The summed E-state index contributed by atoms with van der Waals surface area (Å²) in [6.07, 6.45) is 2.14. The number of aromatic nitrogens is 1. The van der Waals surface area contributed by atoms with Crippen molar-refractivity contribution in [2.24, 2.45) is 0 Å². The van der Waals surface area contributed by atoms with Crippen LogP contribution in [0.3, 0.4) is 0 Å². The molecule has 140 valence electrons. The number of amides is 1. The summed E-state index contributed by atoms with van der Waals surface area (Å²) in [5, 5.41) is 3.68. The molecule has 0 aliphatic carbocycles. The van der Waals surface area contributed by atoms with E-state index in [2.05, 4.69) is 17.2 Å². The second-order valence-corrected chi connectivity index (χ2v) is 6.43. The number of nitrogens with one attached hydrogen (secondary N) is 1. The number of anilines is 1. The summed E-state index contributed by atoms with van der Waals surface area (Å²) in [6, 6.07) is 15.3. The molecule has 0 bridgehead atoms. The number of carbonyl (C=O) groups excluding carboxylic acids is 1. The van der Waals surface area contributed by atoms with Crippen LogP contribution >= 0.6 is 0 Å². The molecular weight excluding hydrogens is 340 g/mol. The smallest absolute Gasteiger partial charge is 0.262 e. The van der Waals surface area contributed by atoms with Crippen LogP contribution in [0, 0.1) is 6.92 Å². The van der Waals surface area contributed by atoms with Crippen LogP contribution in [0.1, 0.15) is 24.6 Å². The lowest BCUT2D eigenvalue weighted by Gasteiger charge is -2.12. The SMILES string of the molecule is CCCc1ccc(NC(=O)COc2cc(C)nc3ccc(OC)cc23)cc1. The number of benzene rings is 2. The summed E-state index contributed by atoms with van der Waals surface area (Å²) >= 11 is 0. The molecule has 0 saturated carbocycles. The Morgan fingerprint density at radius 1 is 1.11 bits per heavy atom. The van der Waals surface area contributed by atoms with Gasteiger partial charge in [-0.15, -0.1) is 0 Å². The van der Waals surface area contributed by atoms with Gasteiger partial charge in [0.15, 0.2) is 6.61 Å². The molecule has 0 unspecified atom stereocenters. The summed E-state index contributed by atoms with van der Waals surface area (Å²) in [6.45, 7) is 3.97. The Bertz CT molecular complexity index is 936. The zero-order chi connectivity index (χ0) is 19.2. The Hall–Kier alpha value is -3.08. The first kappa shape index (κ1) is 18.7. The third-order valence-electron chi connectivity index (χ3n) is 4.24. The van der Waals surface area contributed by atoms with E-state index in [4.69, 9.17) is 9.47 Å². The molecule has 1 heterocycles. The summed E-state index contributed by atoms with van der Waals surface area (Å²) in [7, 11) is 1.61. The molecule has 0 atom stereocenters. The fourth-order valence-electron chi connectivity index (χ4n) is 2.93. The quantitative estimate of drug-likeness (QED) is 0.669. The number of nitrogens with zero attached hydrogens (tertiary/aromatic N) is 1. The van der Waals surface area contributed by atoms with Gasteiger partial charge >= 0.3 is 0 Å². The predicted octanol–water partition coefficient (Wildman–Crippen LogP) is 4.52. The van der Waals surface area contributed by atoms with E-state index >= 15 is 0 Å². The number of methoxy groups -OCH3 is 1. The fourth-order valence-corrected chi connectivity index (χ4v) is 2.93. The van der Waals surface area contributed by atoms with Gasteiger partial charge in [0.2, 0.25) is 0 Å². The highest BCUT2D eigenvalue weighted by atomic mass is 16.5. The largest absolute Gasteiger partial charge is 0.497 e. The van der Waals surface area contributed by atoms with Gasteiger partial charge in [-0.1, -0.05) is 25.5 Å². The second kappa shape index (κ2) is 8.54. The molecular formula is C22H24N2O3. The van der Waals surface area contributed by atoms with Crippen LogP contribution in [0.15, 0.2) is 48.5 Å². The van der Waals surface area contributed by atoms with Crippen LogP contribution in [0.25, 0.3) is 10.9 Å². The highest BCUT2D eigenvalue weighted by Crippen LogP contribution is 2.29. The minimum atomic E-state index is -0.205. The molecule has 0 radical (unpaired) electrons. The van der Waals surface area contributed by atoms with E-state index in [0.717, 1.165) is 40.9 Å². The van der Waals surface area contributed by atoms with Crippen LogP contribution < -0.4 is 14.8 Å². The topological polar surface area (TPSA) is 60.5 Å². The van der Waals surface area contributed by atoms with Crippen molar-refractivity contribution in [3.05, 3.63) is 59.8 Å². The lowest BCUT2D eigenvalue weighted by molar-refractivity contribution is -0.118. The Morgan fingerprint density at radius 2 is 1.89 bits per heavy atom. The number of hydrogen-bond donors (Lipinski definition) is 1. The van der Waals surface area contributed by atoms with Crippen molar-refractivity contribution in [3.63, 3.8) is 0 Å². The predicted molar refractivity (Wildman–Crippen MR) is 108 cm³/mol. The monoisotopic (exact) mass is 364 g/mol. The van der Waals surface area contributed by atoms with Crippen molar-refractivity contribution < 1.29 is 14.3 Å². The van der Waals surface area contributed by atoms with E-state index in [-0.39, 0.29) is 12.5 Å². The third-order valence-corrected chi connectivity index (χ3v) is 4.24. The number of aryl methyl sites for hydroxylation is 2. The summed E-state index contributed by atoms with van der Waals surface area (Å²) < 4.78 is 11.1. The van der Waals surface area contributed by atoms with Gasteiger partial charge < -0.3 is 14.8 Å². The van der Waals surface area contributed by atoms with Crippen molar-refractivity contribution in [2.45, 2.75) is 26.7 Å². The molecule has 0 saturated heterocycles. The van der Waals surface area contributed by atoms with Crippen LogP contribution in [0.2, 0.25) is 0 Å². The maximum Gasteiger partial charge on any atom is 0.262 e. The van der Waals surface area contributed by atoms with Gasteiger partial charge in [-0.3, -0.25) is 9.78 Å². The molecule has 1 amide bonds. The minimum absolute atomic E-state index is 0.0769. The van der Waals surface area contributed by atoms with Crippen molar-refractivity contribution >= 4 is 22.5 Å². The van der Waals surface area contributed by atoms with Gasteiger partial charge in [0.1, 0.15) is 11.5 Å². The zero-order valence-electron chi connectivity index (χ0n) is 15.9. The lowest BCUT2D eigenvalue weighted by Crippen LogP contribution is -2.20. The first-order chi connectivity index (χ1) is 13.1. The van der Waals surface area contributed by atoms with Crippen LogP contribution in [-0.4, -0.2) is 24.6 Å². The van der Waals surface area contributed by atoms with E-state index in [1.807, 2.05) is 55.5 Å². The first-order valence-electron chi connectivity index (χ1n) is 9.06. The highest BCUT2D eigenvalue weighted by Gasteiger charge is 2.10. The maximum absolute atomic E-state index is 12.3. The van der Waals surface area contributed by atoms with E-state index in [1.165, 1.54) is 5.56 Å². The van der Waals surface area contributed by atoms with E-state index in [0.29, 0.717) is 5.75 Å². The Labute approximate surface area is 159 Å².